The molecule has 1 unspecified atom stereocenters. The molecule has 0 radical (unpaired) electrons. The molecule has 3 amide bonds. The molecule has 32 heavy (non-hydrogen) atoms. The second-order valence-electron chi connectivity index (χ2n) is 7.96. The monoisotopic (exact) mass is 468 g/mol. The second-order valence-corrected chi connectivity index (χ2v) is 8.25. The first-order chi connectivity index (χ1) is 15.0. The lowest BCUT2D eigenvalue weighted by molar-refractivity contribution is -0.138. The summed E-state index contributed by atoms with van der Waals surface area (Å²) < 4.78 is 0. The number of hydrogen-bond acceptors (Lipinski definition) is 6. The minimum atomic E-state index is -0.991. The number of carboxylic acid groups (broad SMARTS) is 1. The quantitative estimate of drug-likeness (QED) is 0.254. The Morgan fingerprint density at radius 3 is 2.19 bits per heavy atom. The SMILES string of the molecule is CC(C)[C@H](NC(=O)[C@@H](C)CCC(=O)O)C(=O)N[C@@H](C)C(=O)Nc1ccc(CO)c(NP)c1. The minimum absolute atomic E-state index is 0.141. The van der Waals surface area contributed by atoms with Crippen molar-refractivity contribution in [3.63, 3.8) is 0 Å². The van der Waals surface area contributed by atoms with Gasteiger partial charge < -0.3 is 31.3 Å². The Hall–Kier alpha value is -2.71. The van der Waals surface area contributed by atoms with Crippen LogP contribution in [0.4, 0.5) is 11.4 Å². The van der Waals surface area contributed by atoms with Gasteiger partial charge in [0.05, 0.1) is 6.61 Å². The van der Waals surface area contributed by atoms with Gasteiger partial charge in [-0.2, -0.15) is 0 Å². The molecule has 0 bridgehead atoms. The fourth-order valence-electron chi connectivity index (χ4n) is 2.85. The van der Waals surface area contributed by atoms with Gasteiger partial charge in [-0.1, -0.05) is 26.8 Å². The largest absolute Gasteiger partial charge is 0.481 e. The summed E-state index contributed by atoms with van der Waals surface area (Å²) in [5.41, 5.74) is 1.78. The van der Waals surface area contributed by atoms with Crippen molar-refractivity contribution in [1.29, 1.82) is 0 Å². The average Bonchev–Trinajstić information content (AvgIpc) is 2.74. The van der Waals surface area contributed by atoms with Gasteiger partial charge in [0.2, 0.25) is 17.7 Å². The van der Waals surface area contributed by atoms with Crippen molar-refractivity contribution >= 4 is 44.5 Å². The highest BCUT2D eigenvalue weighted by Gasteiger charge is 2.28. The molecule has 178 valence electrons. The lowest BCUT2D eigenvalue weighted by atomic mass is 10.00. The van der Waals surface area contributed by atoms with E-state index in [0.29, 0.717) is 16.9 Å². The molecule has 0 saturated carbocycles. The third-order valence-electron chi connectivity index (χ3n) is 4.94. The van der Waals surface area contributed by atoms with Gasteiger partial charge in [0, 0.05) is 29.3 Å². The second kappa shape index (κ2) is 13.0. The van der Waals surface area contributed by atoms with Crippen molar-refractivity contribution in [2.45, 2.75) is 59.2 Å². The standard InChI is InChI=1S/C21H33N4O6P/c1-11(2)18(24-19(29)12(3)5-8-17(27)28)21(31)22-13(4)20(30)23-15-7-6-14(10-26)16(9-15)25-32/h6-7,9,11-13,18,25-26H,5,8,10,32H2,1-4H3,(H,22,31)(H,23,30)(H,24,29)(H,27,28)/t12-,13-,18-/m0/s1. The first kappa shape index (κ1) is 27.3. The molecule has 0 fully saturated rings. The number of nitrogens with one attached hydrogen (secondary N) is 4. The first-order valence-electron chi connectivity index (χ1n) is 10.3. The van der Waals surface area contributed by atoms with Crippen LogP contribution in [-0.4, -0.2) is 46.0 Å². The predicted octanol–water partition coefficient (Wildman–Crippen LogP) is 1.47. The first-order valence-corrected chi connectivity index (χ1v) is 10.9. The van der Waals surface area contributed by atoms with Crippen molar-refractivity contribution in [3.8, 4) is 0 Å². The fraction of sp³-hybridized carbons (Fsp3) is 0.524. The highest BCUT2D eigenvalue weighted by Crippen LogP contribution is 2.22. The number of carbonyl (C=O) groups is 4. The molecule has 1 aromatic rings. The van der Waals surface area contributed by atoms with Crippen LogP contribution in [-0.2, 0) is 25.8 Å². The predicted molar refractivity (Wildman–Crippen MR) is 125 cm³/mol. The van der Waals surface area contributed by atoms with Crippen LogP contribution in [0.15, 0.2) is 18.2 Å². The van der Waals surface area contributed by atoms with Crippen LogP contribution in [0.3, 0.4) is 0 Å². The molecule has 0 aliphatic carbocycles. The van der Waals surface area contributed by atoms with E-state index >= 15 is 0 Å². The van der Waals surface area contributed by atoms with E-state index in [1.165, 1.54) is 6.92 Å². The lowest BCUT2D eigenvalue weighted by Crippen LogP contribution is -2.54. The number of hydrogen-bond donors (Lipinski definition) is 6. The molecular weight excluding hydrogens is 435 g/mol. The zero-order chi connectivity index (χ0) is 24.4. The van der Waals surface area contributed by atoms with E-state index in [9.17, 15) is 24.3 Å². The summed E-state index contributed by atoms with van der Waals surface area (Å²) in [7, 11) is 2.32. The van der Waals surface area contributed by atoms with Gasteiger partial charge >= 0.3 is 5.97 Å². The summed E-state index contributed by atoms with van der Waals surface area (Å²) in [5, 5.41) is 28.9. The molecule has 0 heterocycles. The van der Waals surface area contributed by atoms with Crippen LogP contribution in [0, 0.1) is 11.8 Å². The van der Waals surface area contributed by atoms with Crippen LogP contribution >= 0.6 is 9.39 Å². The van der Waals surface area contributed by atoms with Crippen molar-refractivity contribution < 1.29 is 29.4 Å². The Morgan fingerprint density at radius 1 is 1.00 bits per heavy atom. The minimum Gasteiger partial charge on any atom is -0.481 e. The summed E-state index contributed by atoms with van der Waals surface area (Å²) in [6, 6.07) is 3.21. The Labute approximate surface area is 190 Å². The van der Waals surface area contributed by atoms with Gasteiger partial charge in [0.1, 0.15) is 12.1 Å². The summed E-state index contributed by atoms with van der Waals surface area (Å²) >= 11 is 0. The number of carboxylic acids is 1. The van der Waals surface area contributed by atoms with E-state index in [4.69, 9.17) is 5.11 Å². The molecule has 11 heteroatoms. The van der Waals surface area contributed by atoms with Gasteiger partial charge in [-0.05, 0) is 40.8 Å². The smallest absolute Gasteiger partial charge is 0.303 e. The molecule has 1 rings (SSSR count). The summed E-state index contributed by atoms with van der Waals surface area (Å²) in [6.07, 6.45) is 0.0200. The highest BCUT2D eigenvalue weighted by atomic mass is 31.0. The van der Waals surface area contributed by atoms with E-state index in [1.54, 1.807) is 39.0 Å². The van der Waals surface area contributed by atoms with E-state index in [-0.39, 0.29) is 25.4 Å². The molecule has 1 aromatic carbocycles. The molecule has 6 N–H and O–H groups in total. The molecule has 0 saturated heterocycles. The molecule has 0 aromatic heterocycles. The number of rotatable bonds is 12. The van der Waals surface area contributed by atoms with Crippen molar-refractivity contribution in [3.05, 3.63) is 23.8 Å². The Morgan fingerprint density at radius 2 is 1.66 bits per heavy atom. The number of amides is 3. The van der Waals surface area contributed by atoms with Crippen LogP contribution < -0.4 is 21.0 Å². The van der Waals surface area contributed by atoms with Crippen molar-refractivity contribution in [2.24, 2.45) is 11.8 Å². The van der Waals surface area contributed by atoms with Crippen LogP contribution in [0.25, 0.3) is 0 Å². The van der Waals surface area contributed by atoms with Gasteiger partial charge in [-0.3, -0.25) is 19.2 Å². The average molecular weight is 468 g/mol. The third kappa shape index (κ3) is 8.43. The Kier molecular flexibility index (Phi) is 11.1. The summed E-state index contributed by atoms with van der Waals surface area (Å²) in [4.78, 5) is 48.3. The maximum Gasteiger partial charge on any atom is 0.303 e. The number of carbonyl (C=O) groups excluding carboxylic acids is 3. The molecule has 0 spiro atoms. The topological polar surface area (TPSA) is 157 Å². The van der Waals surface area contributed by atoms with Crippen LogP contribution in [0.2, 0.25) is 0 Å². The maximum absolute atomic E-state index is 12.7. The van der Waals surface area contributed by atoms with E-state index in [2.05, 4.69) is 30.4 Å². The maximum atomic E-state index is 12.7. The molecule has 10 nitrogen and oxygen atoms in total. The third-order valence-corrected chi connectivity index (χ3v) is 5.25. The molecular formula is C21H33N4O6P. The van der Waals surface area contributed by atoms with Crippen molar-refractivity contribution in [1.82, 2.24) is 10.6 Å². The van der Waals surface area contributed by atoms with Gasteiger partial charge in [0.15, 0.2) is 0 Å². The lowest BCUT2D eigenvalue weighted by Gasteiger charge is -2.25. The van der Waals surface area contributed by atoms with Gasteiger partial charge in [-0.25, -0.2) is 0 Å². The number of anilines is 2. The normalized spacial score (nSPS) is 13.6. The van der Waals surface area contributed by atoms with Crippen LogP contribution in [0.5, 0.6) is 0 Å². The summed E-state index contributed by atoms with van der Waals surface area (Å²) in [6.45, 7) is 6.49. The molecule has 0 aliphatic rings. The van der Waals surface area contributed by atoms with Crippen LogP contribution in [0.1, 0.15) is 46.1 Å². The van der Waals surface area contributed by atoms with Gasteiger partial charge in [-0.15, -0.1) is 0 Å². The number of aliphatic hydroxyl groups excluding tert-OH is 1. The molecule has 0 aliphatic heterocycles. The van der Waals surface area contributed by atoms with Gasteiger partial charge in [0.25, 0.3) is 0 Å². The summed E-state index contributed by atoms with van der Waals surface area (Å²) in [5.74, 6) is -3.18. The van der Waals surface area contributed by atoms with Crippen molar-refractivity contribution in [2.75, 3.05) is 10.4 Å². The Balaban J connectivity index is 2.74. The number of aliphatic carboxylic acids is 1. The zero-order valence-corrected chi connectivity index (χ0v) is 19.9. The molecule has 4 atom stereocenters. The Bertz CT molecular complexity index is 833. The van der Waals surface area contributed by atoms with E-state index in [0.717, 1.165) is 0 Å². The van der Waals surface area contributed by atoms with E-state index in [1.807, 2.05) is 0 Å². The zero-order valence-electron chi connectivity index (χ0n) is 18.8. The fourth-order valence-corrected chi connectivity index (χ4v) is 3.12. The number of benzene rings is 1. The number of aliphatic hydroxyl groups is 1. The highest BCUT2D eigenvalue weighted by molar-refractivity contribution is 7.18. The van der Waals surface area contributed by atoms with E-state index < -0.39 is 41.7 Å².